The average molecular weight is 327 g/mol. The van der Waals surface area contributed by atoms with Crippen molar-refractivity contribution < 1.29 is 13.2 Å². The Kier molecular flexibility index (Phi) is 8.04. The zero-order chi connectivity index (χ0) is 17.2. The minimum Gasteiger partial charge on any atom is -0.368 e. The molecule has 0 aliphatic heterocycles. The van der Waals surface area contributed by atoms with Gasteiger partial charge in [0.05, 0.1) is 5.75 Å². The standard InChI is InChI=1S/C7H9NO2S.C3H6N6.CH2O/c8-11(9,10)6-7-4-2-1-3-5-7;4-1-7-2(5)9-3(6)8-1;1-2/h1-5H,6H2,(H2,8,9,10);(H6,4,5,6,7,8,9);1H2. The molecule has 0 saturated carbocycles. The van der Waals surface area contributed by atoms with E-state index in [1.54, 1.807) is 24.3 Å². The van der Waals surface area contributed by atoms with Crippen molar-refractivity contribution >= 4 is 34.7 Å². The van der Waals surface area contributed by atoms with Gasteiger partial charge >= 0.3 is 0 Å². The molecule has 11 heteroatoms. The lowest BCUT2D eigenvalue weighted by molar-refractivity contribution is -0.0979. The molecule has 0 radical (unpaired) electrons. The molecule has 0 bridgehead atoms. The Bertz CT molecular complexity index is 629. The van der Waals surface area contributed by atoms with Crippen LogP contribution in [0.15, 0.2) is 30.3 Å². The molecule has 0 atom stereocenters. The highest BCUT2D eigenvalue weighted by atomic mass is 32.2. The molecule has 0 saturated heterocycles. The number of aromatic nitrogens is 3. The monoisotopic (exact) mass is 327 g/mol. The van der Waals surface area contributed by atoms with E-state index in [-0.39, 0.29) is 23.6 Å². The number of hydrogen-bond donors (Lipinski definition) is 4. The Hall–Kier alpha value is -2.79. The van der Waals surface area contributed by atoms with Gasteiger partial charge in [-0.3, -0.25) is 0 Å². The summed E-state index contributed by atoms with van der Waals surface area (Å²) in [5.74, 6) is 0.0356. The van der Waals surface area contributed by atoms with Gasteiger partial charge in [0.2, 0.25) is 27.9 Å². The Labute approximate surface area is 127 Å². The molecular formula is C11H17N7O3S. The summed E-state index contributed by atoms with van der Waals surface area (Å²) in [7, 11) is -3.38. The van der Waals surface area contributed by atoms with Crippen molar-refractivity contribution in [2.75, 3.05) is 17.2 Å². The predicted molar refractivity (Wildman–Crippen MR) is 83.4 cm³/mol. The van der Waals surface area contributed by atoms with Crippen LogP contribution >= 0.6 is 0 Å². The molecule has 0 fully saturated rings. The molecule has 120 valence electrons. The number of nitrogen functional groups attached to an aromatic ring is 3. The molecular weight excluding hydrogens is 310 g/mol. The van der Waals surface area contributed by atoms with Crippen molar-refractivity contribution in [1.82, 2.24) is 15.0 Å². The number of carbonyl (C=O) groups is 1. The van der Waals surface area contributed by atoms with E-state index < -0.39 is 10.0 Å². The molecule has 0 unspecified atom stereocenters. The predicted octanol–water partition coefficient (Wildman–Crippen LogP) is -1.09. The van der Waals surface area contributed by atoms with Crippen LogP contribution in [-0.2, 0) is 20.6 Å². The van der Waals surface area contributed by atoms with Crippen LogP contribution < -0.4 is 22.3 Å². The number of carbonyl (C=O) groups excluding carboxylic acids is 1. The van der Waals surface area contributed by atoms with Crippen LogP contribution in [0.3, 0.4) is 0 Å². The third-order valence-corrected chi connectivity index (χ3v) is 2.63. The third-order valence-electron chi connectivity index (χ3n) is 1.90. The largest absolute Gasteiger partial charge is 0.368 e. The second-order valence-electron chi connectivity index (χ2n) is 3.70. The van der Waals surface area contributed by atoms with Crippen molar-refractivity contribution in [2.24, 2.45) is 5.14 Å². The first-order valence-corrected chi connectivity index (χ1v) is 7.33. The fourth-order valence-electron chi connectivity index (χ4n) is 1.23. The van der Waals surface area contributed by atoms with E-state index in [0.29, 0.717) is 0 Å². The number of hydrogen-bond acceptors (Lipinski definition) is 9. The zero-order valence-electron chi connectivity index (χ0n) is 11.6. The van der Waals surface area contributed by atoms with Gasteiger partial charge in [-0.25, -0.2) is 13.6 Å². The fourth-order valence-corrected chi connectivity index (χ4v) is 1.89. The summed E-state index contributed by atoms with van der Waals surface area (Å²) >= 11 is 0. The van der Waals surface area contributed by atoms with Crippen LogP contribution in [0.5, 0.6) is 0 Å². The van der Waals surface area contributed by atoms with Gasteiger partial charge in [-0.2, -0.15) is 15.0 Å². The maximum atomic E-state index is 10.6. The quantitative estimate of drug-likeness (QED) is 0.529. The summed E-state index contributed by atoms with van der Waals surface area (Å²) in [5.41, 5.74) is 16.1. The van der Waals surface area contributed by atoms with E-state index in [2.05, 4.69) is 15.0 Å². The maximum Gasteiger partial charge on any atom is 0.226 e. The summed E-state index contributed by atoms with van der Waals surface area (Å²) in [4.78, 5) is 18.5. The van der Waals surface area contributed by atoms with E-state index in [9.17, 15) is 8.42 Å². The zero-order valence-corrected chi connectivity index (χ0v) is 12.4. The molecule has 10 nitrogen and oxygen atoms in total. The summed E-state index contributed by atoms with van der Waals surface area (Å²) < 4.78 is 21.2. The fraction of sp³-hybridized carbons (Fsp3) is 0.0909. The molecule has 2 aromatic rings. The summed E-state index contributed by atoms with van der Waals surface area (Å²) in [6.45, 7) is 2.00. The van der Waals surface area contributed by atoms with Gasteiger partial charge < -0.3 is 22.0 Å². The van der Waals surface area contributed by atoms with Crippen molar-refractivity contribution in [3.8, 4) is 0 Å². The topological polar surface area (TPSA) is 194 Å². The van der Waals surface area contributed by atoms with E-state index >= 15 is 0 Å². The van der Waals surface area contributed by atoms with Crippen molar-refractivity contribution in [3.05, 3.63) is 35.9 Å². The lowest BCUT2D eigenvalue weighted by Crippen LogP contribution is -2.14. The van der Waals surface area contributed by atoms with Crippen LogP contribution in [0, 0.1) is 0 Å². The first kappa shape index (κ1) is 19.2. The number of sulfonamides is 1. The molecule has 0 aliphatic rings. The van der Waals surface area contributed by atoms with E-state index in [0.717, 1.165) is 5.56 Å². The smallest absolute Gasteiger partial charge is 0.226 e. The molecule has 1 aromatic carbocycles. The van der Waals surface area contributed by atoms with Crippen LogP contribution in [0.1, 0.15) is 5.56 Å². The van der Waals surface area contributed by atoms with Gasteiger partial charge in [-0.15, -0.1) is 0 Å². The first-order valence-electron chi connectivity index (χ1n) is 5.62. The molecule has 8 N–H and O–H groups in total. The summed E-state index contributed by atoms with van der Waals surface area (Å²) in [6.07, 6.45) is 0. The normalized spacial score (nSPS) is 9.68. The van der Waals surface area contributed by atoms with Gasteiger partial charge in [0, 0.05) is 0 Å². The highest BCUT2D eigenvalue weighted by molar-refractivity contribution is 7.88. The van der Waals surface area contributed by atoms with E-state index in [1.807, 2.05) is 12.9 Å². The van der Waals surface area contributed by atoms with Gasteiger partial charge in [0.15, 0.2) is 0 Å². The number of primary sulfonamides is 1. The van der Waals surface area contributed by atoms with Crippen molar-refractivity contribution in [1.29, 1.82) is 0 Å². The van der Waals surface area contributed by atoms with Gasteiger partial charge in [-0.1, -0.05) is 30.3 Å². The lowest BCUT2D eigenvalue weighted by atomic mass is 10.2. The van der Waals surface area contributed by atoms with E-state index in [4.69, 9.17) is 27.1 Å². The first-order chi connectivity index (χ1) is 10.3. The number of anilines is 3. The minimum atomic E-state index is -3.38. The summed E-state index contributed by atoms with van der Waals surface area (Å²) in [5, 5.41) is 4.84. The number of nitrogens with zero attached hydrogens (tertiary/aromatic N) is 3. The highest BCUT2D eigenvalue weighted by Crippen LogP contribution is 2.01. The van der Waals surface area contributed by atoms with Crippen molar-refractivity contribution in [3.63, 3.8) is 0 Å². The summed E-state index contributed by atoms with van der Waals surface area (Å²) in [6, 6.07) is 8.84. The Morgan fingerprint density at radius 3 is 1.55 bits per heavy atom. The Balaban J connectivity index is 0.000000366. The molecule has 0 aliphatic carbocycles. The second-order valence-corrected chi connectivity index (χ2v) is 5.32. The number of nitrogens with two attached hydrogens (primary N) is 4. The Morgan fingerprint density at radius 1 is 0.864 bits per heavy atom. The molecule has 22 heavy (non-hydrogen) atoms. The SMILES string of the molecule is C=O.NS(=O)(=O)Cc1ccccc1.Nc1nc(N)nc(N)n1. The number of benzene rings is 1. The van der Waals surface area contributed by atoms with Crippen LogP contribution in [-0.4, -0.2) is 30.2 Å². The highest BCUT2D eigenvalue weighted by Gasteiger charge is 2.02. The Morgan fingerprint density at radius 2 is 1.23 bits per heavy atom. The third kappa shape index (κ3) is 9.17. The minimum absolute atomic E-state index is 0.0417. The second kappa shape index (κ2) is 9.20. The molecule has 0 amide bonds. The molecule has 1 heterocycles. The van der Waals surface area contributed by atoms with Crippen LogP contribution in [0.2, 0.25) is 0 Å². The molecule has 1 aromatic heterocycles. The maximum absolute atomic E-state index is 10.6. The number of rotatable bonds is 2. The molecule has 0 spiro atoms. The lowest BCUT2D eigenvalue weighted by Gasteiger charge is -1.96. The van der Waals surface area contributed by atoms with Gasteiger partial charge in [0.25, 0.3) is 0 Å². The average Bonchev–Trinajstić information content (AvgIpc) is 2.39. The van der Waals surface area contributed by atoms with Gasteiger partial charge in [0.1, 0.15) is 6.79 Å². The van der Waals surface area contributed by atoms with Crippen LogP contribution in [0.4, 0.5) is 17.8 Å². The van der Waals surface area contributed by atoms with Gasteiger partial charge in [-0.05, 0) is 5.56 Å². The van der Waals surface area contributed by atoms with E-state index in [1.165, 1.54) is 0 Å². The molecule has 2 rings (SSSR count). The van der Waals surface area contributed by atoms with Crippen molar-refractivity contribution in [2.45, 2.75) is 5.75 Å². The van der Waals surface area contributed by atoms with Crippen LogP contribution in [0.25, 0.3) is 0 Å².